The number of rotatable bonds is 5. The Labute approximate surface area is 139 Å². The fourth-order valence-electron chi connectivity index (χ4n) is 3.06. The molecule has 3 heteroatoms. The summed E-state index contributed by atoms with van der Waals surface area (Å²) < 4.78 is 4.33. The molecule has 1 unspecified atom stereocenters. The van der Waals surface area contributed by atoms with Crippen molar-refractivity contribution in [3.63, 3.8) is 0 Å². The maximum absolute atomic E-state index is 2.33. The molecule has 0 amide bonds. The molecule has 1 heterocycles. The fourth-order valence-corrected chi connectivity index (χ4v) is 3.06. The van der Waals surface area contributed by atoms with Crippen molar-refractivity contribution in [2.75, 3.05) is 0 Å². The molecule has 2 radical (unpaired) electrons. The second-order valence-corrected chi connectivity index (χ2v) is 6.19. The van der Waals surface area contributed by atoms with Gasteiger partial charge in [0.1, 0.15) is 12.4 Å². The zero-order valence-electron chi connectivity index (χ0n) is 14.1. The summed E-state index contributed by atoms with van der Waals surface area (Å²) >= 11 is 0. The molecule has 0 spiro atoms. The van der Waals surface area contributed by atoms with Crippen molar-refractivity contribution in [2.24, 2.45) is 14.1 Å². The van der Waals surface area contributed by atoms with E-state index in [-0.39, 0.29) is 0 Å². The minimum Gasteiger partial charge on any atom is -0.280 e. The molecule has 23 heavy (non-hydrogen) atoms. The van der Waals surface area contributed by atoms with E-state index in [9.17, 15) is 0 Å². The van der Waals surface area contributed by atoms with Gasteiger partial charge in [0.2, 0.25) is 0 Å². The van der Waals surface area contributed by atoms with Crippen LogP contribution < -0.4 is 10.3 Å². The highest BCUT2D eigenvalue weighted by molar-refractivity contribution is 6.50. The van der Waals surface area contributed by atoms with Crippen molar-refractivity contribution in [1.29, 1.82) is 0 Å². The molecule has 3 aromatic rings. The molecule has 1 aromatic heterocycles. The highest BCUT2D eigenvalue weighted by Crippen LogP contribution is 2.28. The molecule has 2 nitrogen and oxygen atoms in total. The first-order chi connectivity index (χ1) is 11.1. The van der Waals surface area contributed by atoms with E-state index in [1.54, 1.807) is 0 Å². The Morgan fingerprint density at radius 3 is 2.26 bits per heavy atom. The van der Waals surface area contributed by atoms with Crippen LogP contribution >= 0.6 is 0 Å². The van der Waals surface area contributed by atoms with Gasteiger partial charge in [-0.05, 0) is 24.0 Å². The van der Waals surface area contributed by atoms with E-state index in [0.717, 1.165) is 6.32 Å². The Bertz CT molecular complexity index is 741. The predicted octanol–water partition coefficient (Wildman–Crippen LogP) is 2.74. The number of aryl methyl sites for hydroxylation is 3. The van der Waals surface area contributed by atoms with Gasteiger partial charge in [-0.3, -0.25) is 9.13 Å². The van der Waals surface area contributed by atoms with Gasteiger partial charge >= 0.3 is 0 Å². The molecule has 2 aromatic carbocycles. The molecule has 116 valence electrons. The lowest BCUT2D eigenvalue weighted by Gasteiger charge is -2.24. The molecule has 1 atom stereocenters. The van der Waals surface area contributed by atoms with Crippen LogP contribution in [0.3, 0.4) is 0 Å². The van der Waals surface area contributed by atoms with Gasteiger partial charge in [-0.2, -0.15) is 7.28 Å². The predicted molar refractivity (Wildman–Crippen MR) is 96.2 cm³/mol. The third kappa shape index (κ3) is 3.56. The summed E-state index contributed by atoms with van der Waals surface area (Å²) in [6.07, 6.45) is 5.17. The Morgan fingerprint density at radius 2 is 1.65 bits per heavy atom. The lowest BCUT2D eigenvalue weighted by Crippen LogP contribution is -2.49. The molecule has 0 fully saturated rings. The Balaban J connectivity index is 1.88. The van der Waals surface area contributed by atoms with Gasteiger partial charge in [0, 0.05) is 5.72 Å². The van der Waals surface area contributed by atoms with E-state index >= 15 is 0 Å². The summed E-state index contributed by atoms with van der Waals surface area (Å²) in [5.41, 5.74) is 5.27. The standard InChI is InChI=1S/C20H23BN2/c1-16-9-11-18(12-10-16)19(17-7-5-4-6-8-17)15-21-20-22(2)13-14-23(20)3/h4-14,19H,15H2,1-3H3. The third-order valence-corrected chi connectivity index (χ3v) is 4.45. The molecule has 0 saturated heterocycles. The normalized spacial score (nSPS) is 12.3. The van der Waals surface area contributed by atoms with Gasteiger partial charge < -0.3 is 0 Å². The molecule has 0 N–H and O–H groups in total. The molecule has 0 aliphatic heterocycles. The maximum Gasteiger partial charge on any atom is 0.125 e. The molecule has 0 bridgehead atoms. The second kappa shape index (κ2) is 6.87. The van der Waals surface area contributed by atoms with Crippen LogP contribution in [0.15, 0.2) is 67.0 Å². The number of aromatic nitrogens is 2. The highest BCUT2D eigenvalue weighted by Gasteiger charge is 2.11. The topological polar surface area (TPSA) is 8.81 Å². The molecule has 0 saturated carbocycles. The van der Waals surface area contributed by atoms with E-state index in [2.05, 4.69) is 104 Å². The van der Waals surface area contributed by atoms with E-state index < -0.39 is 0 Å². The third-order valence-electron chi connectivity index (χ3n) is 4.45. The van der Waals surface area contributed by atoms with E-state index in [0.29, 0.717) is 5.92 Å². The summed E-state index contributed by atoms with van der Waals surface area (Å²) in [5.74, 6) is 0.381. The first-order valence-corrected chi connectivity index (χ1v) is 8.11. The largest absolute Gasteiger partial charge is 0.280 e. The lowest BCUT2D eigenvalue weighted by atomic mass is 9.65. The molecule has 3 rings (SSSR count). The summed E-state index contributed by atoms with van der Waals surface area (Å²) in [4.78, 5) is 0. The number of hydrogen-bond acceptors (Lipinski definition) is 0. The fraction of sp³-hybridized carbons (Fsp3) is 0.250. The van der Waals surface area contributed by atoms with Gasteiger partial charge in [0.25, 0.3) is 0 Å². The highest BCUT2D eigenvalue weighted by atomic mass is 15.1. The van der Waals surface area contributed by atoms with Gasteiger partial charge in [-0.25, -0.2) is 6.32 Å². The van der Waals surface area contributed by atoms with E-state index in [4.69, 9.17) is 0 Å². The first-order valence-electron chi connectivity index (χ1n) is 8.11. The molecular weight excluding hydrogens is 279 g/mol. The van der Waals surface area contributed by atoms with Crippen LogP contribution in [-0.2, 0) is 14.1 Å². The van der Waals surface area contributed by atoms with Crippen LogP contribution in [0.25, 0.3) is 0 Å². The number of imidazole rings is 1. The van der Waals surface area contributed by atoms with Crippen LogP contribution in [0, 0.1) is 6.92 Å². The van der Waals surface area contributed by atoms with E-state index in [1.165, 1.54) is 22.4 Å². The molecule has 0 aliphatic rings. The Hall–Kier alpha value is -2.29. The van der Waals surface area contributed by atoms with Crippen molar-refractivity contribution in [2.45, 2.75) is 19.2 Å². The second-order valence-electron chi connectivity index (χ2n) is 6.19. The van der Waals surface area contributed by atoms with Crippen LogP contribution in [0.5, 0.6) is 0 Å². The number of nitrogens with zero attached hydrogens (tertiary/aromatic N) is 2. The minimum atomic E-state index is 0.381. The Kier molecular flexibility index (Phi) is 4.66. The quantitative estimate of drug-likeness (QED) is 0.506. The van der Waals surface area contributed by atoms with Crippen LogP contribution in [0.4, 0.5) is 0 Å². The summed E-state index contributed by atoms with van der Waals surface area (Å²) in [5, 5.41) is 0. The van der Waals surface area contributed by atoms with Gasteiger partial charge in [-0.1, -0.05) is 60.2 Å². The van der Waals surface area contributed by atoms with Crippen molar-refractivity contribution >= 4 is 13.0 Å². The zero-order chi connectivity index (χ0) is 16.2. The molecular formula is C20H23BN2. The van der Waals surface area contributed by atoms with E-state index in [1.807, 2.05) is 0 Å². The Morgan fingerprint density at radius 1 is 1.00 bits per heavy atom. The smallest absolute Gasteiger partial charge is 0.125 e. The van der Waals surface area contributed by atoms with Crippen molar-refractivity contribution in [1.82, 2.24) is 4.57 Å². The van der Waals surface area contributed by atoms with Crippen LogP contribution in [0.1, 0.15) is 22.6 Å². The maximum atomic E-state index is 2.33. The van der Waals surface area contributed by atoms with Crippen LogP contribution in [0.2, 0.25) is 6.32 Å². The summed E-state index contributed by atoms with van der Waals surface area (Å²) in [6.45, 7) is 2.14. The average molecular weight is 302 g/mol. The van der Waals surface area contributed by atoms with Crippen molar-refractivity contribution in [3.8, 4) is 0 Å². The number of hydrogen-bond donors (Lipinski definition) is 0. The van der Waals surface area contributed by atoms with Crippen molar-refractivity contribution in [3.05, 3.63) is 83.7 Å². The monoisotopic (exact) mass is 302 g/mol. The average Bonchev–Trinajstić information content (AvgIpc) is 2.89. The zero-order valence-corrected chi connectivity index (χ0v) is 14.1. The number of benzene rings is 2. The summed E-state index contributed by atoms with van der Waals surface area (Å²) in [7, 11) is 6.52. The van der Waals surface area contributed by atoms with Gasteiger partial charge in [0.15, 0.2) is 0 Å². The SMILES string of the molecule is Cc1ccc(C(C[B-]c2n(C)cc[n+]2C)c2ccccc2)cc1. The van der Waals surface area contributed by atoms with Crippen LogP contribution in [-0.4, -0.2) is 11.8 Å². The summed E-state index contributed by atoms with van der Waals surface area (Å²) in [6, 6.07) is 19.7. The van der Waals surface area contributed by atoms with Gasteiger partial charge in [-0.15, -0.1) is 0 Å². The first kappa shape index (κ1) is 15.6. The lowest BCUT2D eigenvalue weighted by molar-refractivity contribution is -0.653. The van der Waals surface area contributed by atoms with Crippen molar-refractivity contribution < 1.29 is 4.57 Å². The molecule has 0 aliphatic carbocycles. The minimum absolute atomic E-state index is 0.381. The van der Waals surface area contributed by atoms with Gasteiger partial charge in [0.05, 0.1) is 14.1 Å².